The number of carbonyl (C=O) groups excluding carboxylic acids is 1. The average molecular weight is 337 g/mol. The van der Waals surface area contributed by atoms with Crippen molar-refractivity contribution < 1.29 is 4.79 Å². The largest absolute Gasteiger partial charge is 0.348 e. The highest BCUT2D eigenvalue weighted by molar-refractivity contribution is 5.76. The smallest absolute Gasteiger partial charge is 0.318 e. The van der Waals surface area contributed by atoms with Gasteiger partial charge in [-0.05, 0) is 43.0 Å². The predicted molar refractivity (Wildman–Crippen MR) is 99.6 cm³/mol. The molecule has 25 heavy (non-hydrogen) atoms. The van der Waals surface area contributed by atoms with Crippen molar-refractivity contribution in [2.75, 3.05) is 6.54 Å². The second kappa shape index (κ2) is 6.95. The first-order valence-corrected chi connectivity index (χ1v) is 9.52. The Bertz CT molecular complexity index is 745. The first-order chi connectivity index (χ1) is 12.2. The highest BCUT2D eigenvalue weighted by atomic mass is 16.2. The van der Waals surface area contributed by atoms with Crippen molar-refractivity contribution >= 4 is 6.03 Å². The number of hydrogen-bond donors (Lipinski definition) is 1. The molecule has 2 aromatic rings. The standard InChI is InChI=1S/C21H27N3O/c1-16-8-5-6-11-18(16)20-19-12-7-13-23(19)14-15-24(20)21(25)22-17-9-3-2-4-10-17/h5-8,11-13,17,20H,2-4,9-10,14-15H2,1H3,(H,22,25). The van der Waals surface area contributed by atoms with Gasteiger partial charge < -0.3 is 14.8 Å². The van der Waals surface area contributed by atoms with Gasteiger partial charge in [0.25, 0.3) is 0 Å². The van der Waals surface area contributed by atoms with Crippen molar-refractivity contribution in [3.63, 3.8) is 0 Å². The Hall–Kier alpha value is -2.23. The van der Waals surface area contributed by atoms with Crippen LogP contribution in [0.15, 0.2) is 42.6 Å². The molecule has 132 valence electrons. The van der Waals surface area contributed by atoms with Gasteiger partial charge >= 0.3 is 6.03 Å². The SMILES string of the molecule is Cc1ccccc1C1c2cccn2CCN1C(=O)NC1CCCCC1. The van der Waals surface area contributed by atoms with Crippen LogP contribution in [0.5, 0.6) is 0 Å². The summed E-state index contributed by atoms with van der Waals surface area (Å²) >= 11 is 0. The Morgan fingerprint density at radius 1 is 1.04 bits per heavy atom. The lowest BCUT2D eigenvalue weighted by atomic mass is 9.95. The fourth-order valence-corrected chi connectivity index (χ4v) is 4.33. The monoisotopic (exact) mass is 337 g/mol. The number of benzene rings is 1. The number of nitrogens with zero attached hydrogens (tertiary/aromatic N) is 2. The molecule has 0 spiro atoms. The number of aryl methyl sites for hydroxylation is 1. The lowest BCUT2D eigenvalue weighted by molar-refractivity contribution is 0.162. The molecule has 2 aliphatic rings. The van der Waals surface area contributed by atoms with Crippen molar-refractivity contribution in [2.24, 2.45) is 0 Å². The average Bonchev–Trinajstić information content (AvgIpc) is 3.11. The third-order valence-corrected chi connectivity index (χ3v) is 5.71. The molecule has 4 nitrogen and oxygen atoms in total. The third kappa shape index (κ3) is 3.17. The zero-order valence-corrected chi connectivity index (χ0v) is 14.9. The quantitative estimate of drug-likeness (QED) is 0.874. The van der Waals surface area contributed by atoms with E-state index in [9.17, 15) is 4.79 Å². The van der Waals surface area contributed by atoms with Crippen LogP contribution in [0.2, 0.25) is 0 Å². The van der Waals surface area contributed by atoms with Gasteiger partial charge in [-0.25, -0.2) is 4.79 Å². The fourth-order valence-electron chi connectivity index (χ4n) is 4.33. The number of amides is 2. The Kier molecular flexibility index (Phi) is 4.51. The summed E-state index contributed by atoms with van der Waals surface area (Å²) < 4.78 is 2.28. The summed E-state index contributed by atoms with van der Waals surface area (Å²) in [6.45, 7) is 3.75. The minimum atomic E-state index is -0.00598. The first-order valence-electron chi connectivity index (χ1n) is 9.52. The molecule has 0 radical (unpaired) electrons. The second-order valence-corrected chi connectivity index (χ2v) is 7.36. The summed E-state index contributed by atoms with van der Waals surface area (Å²) in [6.07, 6.45) is 8.12. The predicted octanol–water partition coefficient (Wildman–Crippen LogP) is 4.24. The molecule has 1 aromatic heterocycles. The molecular weight excluding hydrogens is 310 g/mol. The minimum Gasteiger partial charge on any atom is -0.348 e. The summed E-state index contributed by atoms with van der Waals surface area (Å²) in [5, 5.41) is 3.31. The topological polar surface area (TPSA) is 37.3 Å². The van der Waals surface area contributed by atoms with Crippen LogP contribution in [-0.4, -0.2) is 28.1 Å². The van der Waals surface area contributed by atoms with E-state index in [0.29, 0.717) is 6.04 Å². The molecule has 4 rings (SSSR count). The van der Waals surface area contributed by atoms with E-state index in [0.717, 1.165) is 25.9 Å². The summed E-state index contributed by atoms with van der Waals surface area (Å²) in [5.41, 5.74) is 3.66. The number of carbonyl (C=O) groups is 1. The van der Waals surface area contributed by atoms with Crippen LogP contribution >= 0.6 is 0 Å². The number of fused-ring (bicyclic) bond motifs is 1. The lowest BCUT2D eigenvalue weighted by Gasteiger charge is -2.39. The van der Waals surface area contributed by atoms with Gasteiger partial charge in [-0.2, -0.15) is 0 Å². The van der Waals surface area contributed by atoms with Crippen molar-refractivity contribution in [1.29, 1.82) is 0 Å². The Morgan fingerprint density at radius 3 is 2.64 bits per heavy atom. The molecule has 2 amide bonds. The molecule has 2 heterocycles. The van der Waals surface area contributed by atoms with E-state index >= 15 is 0 Å². The van der Waals surface area contributed by atoms with E-state index in [1.807, 2.05) is 4.90 Å². The van der Waals surface area contributed by atoms with Crippen LogP contribution in [0.1, 0.15) is 55.0 Å². The van der Waals surface area contributed by atoms with Gasteiger partial charge in [-0.3, -0.25) is 0 Å². The Morgan fingerprint density at radius 2 is 1.84 bits per heavy atom. The van der Waals surface area contributed by atoms with Gasteiger partial charge in [-0.1, -0.05) is 43.5 Å². The van der Waals surface area contributed by atoms with Crippen LogP contribution < -0.4 is 5.32 Å². The van der Waals surface area contributed by atoms with Crippen LogP contribution in [0.3, 0.4) is 0 Å². The highest BCUT2D eigenvalue weighted by Gasteiger charge is 2.33. The van der Waals surface area contributed by atoms with Crippen LogP contribution in [0, 0.1) is 6.92 Å². The second-order valence-electron chi connectivity index (χ2n) is 7.36. The molecule has 4 heteroatoms. The summed E-state index contributed by atoms with van der Waals surface area (Å²) in [5.74, 6) is 0. The summed E-state index contributed by atoms with van der Waals surface area (Å²) in [6, 6.07) is 13.1. The van der Waals surface area contributed by atoms with Crippen molar-refractivity contribution in [2.45, 2.75) is 57.7 Å². The minimum absolute atomic E-state index is 0.00598. The maximum Gasteiger partial charge on any atom is 0.318 e. The van der Waals surface area contributed by atoms with Gasteiger partial charge in [0.2, 0.25) is 0 Å². The first kappa shape index (κ1) is 16.2. The van der Waals surface area contributed by atoms with Gasteiger partial charge in [0, 0.05) is 31.0 Å². The normalized spacial score (nSPS) is 21.0. The zero-order valence-electron chi connectivity index (χ0n) is 14.9. The van der Waals surface area contributed by atoms with Gasteiger partial charge in [0.05, 0.1) is 6.04 Å². The molecular formula is C21H27N3O. The van der Waals surface area contributed by atoms with Crippen molar-refractivity contribution in [3.8, 4) is 0 Å². The van der Waals surface area contributed by atoms with E-state index in [2.05, 4.69) is 59.4 Å². The fraction of sp³-hybridized carbons (Fsp3) is 0.476. The third-order valence-electron chi connectivity index (χ3n) is 5.71. The van der Waals surface area contributed by atoms with E-state index in [1.54, 1.807) is 0 Å². The van der Waals surface area contributed by atoms with Gasteiger partial charge in [0.15, 0.2) is 0 Å². The molecule has 1 fully saturated rings. The molecule has 1 aliphatic carbocycles. The van der Waals surface area contributed by atoms with Gasteiger partial charge in [0.1, 0.15) is 0 Å². The van der Waals surface area contributed by atoms with Crippen LogP contribution in [0.4, 0.5) is 4.79 Å². The maximum absolute atomic E-state index is 13.1. The van der Waals surface area contributed by atoms with Gasteiger partial charge in [-0.15, -0.1) is 0 Å². The highest BCUT2D eigenvalue weighted by Crippen LogP contribution is 2.34. The van der Waals surface area contributed by atoms with Crippen molar-refractivity contribution in [3.05, 3.63) is 59.4 Å². The molecule has 0 bridgehead atoms. The van der Waals surface area contributed by atoms with E-state index < -0.39 is 0 Å². The number of aromatic nitrogens is 1. The molecule has 1 aliphatic heterocycles. The lowest BCUT2D eigenvalue weighted by Crippen LogP contribution is -2.50. The molecule has 1 atom stereocenters. The number of nitrogens with one attached hydrogen (secondary N) is 1. The van der Waals surface area contributed by atoms with E-state index in [-0.39, 0.29) is 12.1 Å². The van der Waals surface area contributed by atoms with Crippen LogP contribution in [0.25, 0.3) is 0 Å². The molecule has 1 unspecified atom stereocenters. The van der Waals surface area contributed by atoms with E-state index in [1.165, 1.54) is 36.1 Å². The maximum atomic E-state index is 13.1. The molecule has 1 N–H and O–H groups in total. The molecule has 1 aromatic carbocycles. The number of hydrogen-bond acceptors (Lipinski definition) is 1. The number of urea groups is 1. The van der Waals surface area contributed by atoms with E-state index in [4.69, 9.17) is 0 Å². The Balaban J connectivity index is 1.64. The summed E-state index contributed by atoms with van der Waals surface area (Å²) in [4.78, 5) is 15.1. The van der Waals surface area contributed by atoms with Crippen LogP contribution in [-0.2, 0) is 6.54 Å². The number of rotatable bonds is 2. The molecule has 1 saturated carbocycles. The van der Waals surface area contributed by atoms with Crippen molar-refractivity contribution in [1.82, 2.24) is 14.8 Å². The molecule has 0 saturated heterocycles. The zero-order chi connectivity index (χ0) is 17.2. The summed E-state index contributed by atoms with van der Waals surface area (Å²) in [7, 11) is 0. The Labute approximate surface area is 149 Å².